The molecule has 0 amide bonds. The minimum Gasteiger partial charge on any atom is -0.420 e. The van der Waals surface area contributed by atoms with E-state index < -0.39 is 11.8 Å². The van der Waals surface area contributed by atoms with E-state index in [1.807, 2.05) is 37.3 Å². The second kappa shape index (κ2) is 4.43. The number of benzene rings is 1. The van der Waals surface area contributed by atoms with Crippen molar-refractivity contribution in [3.05, 3.63) is 30.3 Å². The highest BCUT2D eigenvalue weighted by molar-refractivity contribution is 5.21. The maximum Gasteiger partial charge on any atom is 0.462 e. The molecule has 0 aliphatic carbocycles. The Bertz CT molecular complexity index is 405. The van der Waals surface area contributed by atoms with Gasteiger partial charge >= 0.3 is 6.10 Å². The first-order chi connectivity index (χ1) is 8.05. The van der Waals surface area contributed by atoms with E-state index in [2.05, 4.69) is 10.2 Å². The average molecular weight is 236 g/mol. The van der Waals surface area contributed by atoms with Gasteiger partial charge in [-0.05, 0) is 32.9 Å². The topological polar surface area (TPSA) is 52.4 Å². The highest BCUT2D eigenvalue weighted by atomic mass is 16.9. The molecule has 0 bridgehead atoms. The van der Waals surface area contributed by atoms with Crippen LogP contribution in [0.15, 0.2) is 40.6 Å². The lowest BCUT2D eigenvalue weighted by Crippen LogP contribution is -2.41. The van der Waals surface area contributed by atoms with Crippen LogP contribution in [0.3, 0.4) is 0 Å². The van der Waals surface area contributed by atoms with Crippen LogP contribution in [0.2, 0.25) is 0 Å². The highest BCUT2D eigenvalue weighted by Crippen LogP contribution is 2.34. The van der Waals surface area contributed by atoms with Gasteiger partial charge in [-0.25, -0.2) is 0 Å². The molecule has 1 aromatic rings. The van der Waals surface area contributed by atoms with Crippen molar-refractivity contribution in [2.75, 3.05) is 6.61 Å². The summed E-state index contributed by atoms with van der Waals surface area (Å²) in [5.74, 6) is 0.623. The number of ether oxygens (including phenoxy) is 3. The molecule has 0 N–H and O–H groups in total. The lowest BCUT2D eigenvalue weighted by molar-refractivity contribution is -0.348. The summed E-state index contributed by atoms with van der Waals surface area (Å²) in [7, 11) is 0. The van der Waals surface area contributed by atoms with Gasteiger partial charge in [0.25, 0.3) is 0 Å². The van der Waals surface area contributed by atoms with E-state index in [0.717, 1.165) is 0 Å². The Labute approximate surface area is 100 Å². The van der Waals surface area contributed by atoms with Crippen molar-refractivity contribution < 1.29 is 14.2 Å². The summed E-state index contributed by atoms with van der Waals surface area (Å²) in [6, 6.07) is 9.26. The molecule has 92 valence electrons. The monoisotopic (exact) mass is 236 g/mol. The van der Waals surface area contributed by atoms with E-state index in [1.165, 1.54) is 0 Å². The minimum absolute atomic E-state index is 0.419. The van der Waals surface area contributed by atoms with Crippen molar-refractivity contribution in [1.29, 1.82) is 0 Å². The molecule has 1 atom stereocenters. The van der Waals surface area contributed by atoms with Crippen LogP contribution in [-0.2, 0) is 9.47 Å². The zero-order valence-electron chi connectivity index (χ0n) is 10.2. The summed E-state index contributed by atoms with van der Waals surface area (Å²) in [4.78, 5) is 0. The van der Waals surface area contributed by atoms with Crippen LogP contribution in [0.4, 0.5) is 0 Å². The number of azo groups is 1. The van der Waals surface area contributed by atoms with Crippen LogP contribution in [0.5, 0.6) is 5.75 Å². The molecule has 1 heterocycles. The molecule has 0 saturated heterocycles. The number of hydrogen-bond acceptors (Lipinski definition) is 5. The van der Waals surface area contributed by atoms with E-state index in [-0.39, 0.29) is 0 Å². The minimum atomic E-state index is -1.46. The lowest BCUT2D eigenvalue weighted by Gasteiger charge is -2.26. The fraction of sp³-hybridized carbons (Fsp3) is 0.500. The molecule has 0 radical (unpaired) electrons. The molecule has 1 aliphatic rings. The summed E-state index contributed by atoms with van der Waals surface area (Å²) in [5.41, 5.74) is -0.732. The fourth-order valence-corrected chi connectivity index (χ4v) is 1.49. The maximum atomic E-state index is 5.63. The van der Waals surface area contributed by atoms with Gasteiger partial charge in [-0.2, -0.15) is 5.11 Å². The normalized spacial score (nSPS) is 26.1. The van der Waals surface area contributed by atoms with Crippen molar-refractivity contribution in [3.63, 3.8) is 0 Å². The predicted molar refractivity (Wildman–Crippen MR) is 61.4 cm³/mol. The zero-order valence-corrected chi connectivity index (χ0v) is 10.2. The molecule has 0 spiro atoms. The van der Waals surface area contributed by atoms with Gasteiger partial charge < -0.3 is 4.74 Å². The van der Waals surface area contributed by atoms with Crippen molar-refractivity contribution in [2.24, 2.45) is 10.2 Å². The van der Waals surface area contributed by atoms with Crippen molar-refractivity contribution >= 4 is 0 Å². The molecule has 0 saturated carbocycles. The Kier molecular flexibility index (Phi) is 3.13. The molecule has 1 aromatic carbocycles. The smallest absolute Gasteiger partial charge is 0.420 e. The van der Waals surface area contributed by atoms with Crippen LogP contribution in [0.25, 0.3) is 0 Å². The second-order valence-electron chi connectivity index (χ2n) is 4.12. The van der Waals surface area contributed by atoms with Crippen LogP contribution in [-0.4, -0.2) is 18.4 Å². The first kappa shape index (κ1) is 12.0. The van der Waals surface area contributed by atoms with Crippen LogP contribution in [0, 0.1) is 0 Å². The summed E-state index contributed by atoms with van der Waals surface area (Å²) >= 11 is 0. The first-order valence-corrected chi connectivity index (χ1v) is 5.57. The molecule has 17 heavy (non-hydrogen) atoms. The second-order valence-corrected chi connectivity index (χ2v) is 4.12. The highest BCUT2D eigenvalue weighted by Gasteiger charge is 2.47. The molecule has 0 unspecified atom stereocenters. The van der Waals surface area contributed by atoms with E-state index in [4.69, 9.17) is 14.2 Å². The van der Waals surface area contributed by atoms with Gasteiger partial charge in [0.15, 0.2) is 5.72 Å². The Morgan fingerprint density at radius 1 is 1.18 bits per heavy atom. The van der Waals surface area contributed by atoms with E-state index >= 15 is 0 Å². The molecule has 1 aliphatic heterocycles. The van der Waals surface area contributed by atoms with Gasteiger partial charge in [0.1, 0.15) is 5.75 Å². The number of nitrogens with zero attached hydrogens (tertiary/aromatic N) is 2. The average Bonchev–Trinajstić information content (AvgIpc) is 2.56. The predicted octanol–water partition coefficient (Wildman–Crippen LogP) is 2.93. The Morgan fingerprint density at radius 3 is 2.41 bits per heavy atom. The summed E-state index contributed by atoms with van der Waals surface area (Å²) in [5, 5.41) is 7.95. The summed E-state index contributed by atoms with van der Waals surface area (Å²) < 4.78 is 16.7. The zero-order chi connectivity index (χ0) is 12.4. The van der Waals surface area contributed by atoms with Gasteiger partial charge in [-0.15, -0.1) is 0 Å². The molecule has 0 fully saturated rings. The van der Waals surface area contributed by atoms with Crippen LogP contribution < -0.4 is 4.74 Å². The largest absolute Gasteiger partial charge is 0.462 e. The molecule has 5 heteroatoms. The van der Waals surface area contributed by atoms with Crippen LogP contribution in [0.1, 0.15) is 20.8 Å². The van der Waals surface area contributed by atoms with E-state index in [0.29, 0.717) is 12.4 Å². The molecule has 5 nitrogen and oxygen atoms in total. The molecule has 2 rings (SSSR count). The van der Waals surface area contributed by atoms with Crippen molar-refractivity contribution in [2.45, 2.75) is 32.6 Å². The quantitative estimate of drug-likeness (QED) is 0.755. The SMILES string of the molecule is CCO[C@]1(Oc2ccccc2)N=NC(C)(C)O1. The Balaban J connectivity index is 2.17. The third kappa shape index (κ3) is 2.81. The Hall–Kier alpha value is -1.46. The van der Waals surface area contributed by atoms with Crippen molar-refractivity contribution in [1.82, 2.24) is 0 Å². The van der Waals surface area contributed by atoms with Gasteiger partial charge in [0.2, 0.25) is 0 Å². The van der Waals surface area contributed by atoms with E-state index in [9.17, 15) is 0 Å². The number of rotatable bonds is 4. The number of para-hydroxylation sites is 1. The fourth-order valence-electron chi connectivity index (χ4n) is 1.49. The van der Waals surface area contributed by atoms with Crippen molar-refractivity contribution in [3.8, 4) is 5.75 Å². The van der Waals surface area contributed by atoms with Gasteiger partial charge in [0.05, 0.1) is 6.61 Å². The maximum absolute atomic E-state index is 5.63. The van der Waals surface area contributed by atoms with E-state index in [1.54, 1.807) is 13.8 Å². The van der Waals surface area contributed by atoms with Gasteiger partial charge in [-0.1, -0.05) is 23.3 Å². The molecular formula is C12H16N2O3. The number of hydrogen-bond donors (Lipinski definition) is 0. The molecular weight excluding hydrogens is 220 g/mol. The van der Waals surface area contributed by atoms with Crippen LogP contribution >= 0.6 is 0 Å². The van der Waals surface area contributed by atoms with Gasteiger partial charge in [0, 0.05) is 0 Å². The summed E-state index contributed by atoms with van der Waals surface area (Å²) in [6.45, 7) is 5.86. The van der Waals surface area contributed by atoms with Gasteiger partial charge in [-0.3, -0.25) is 9.47 Å². The molecule has 0 aromatic heterocycles. The third-order valence-electron chi connectivity index (χ3n) is 2.11. The first-order valence-electron chi connectivity index (χ1n) is 5.57. The standard InChI is InChI=1S/C12H16N2O3/c1-4-15-12(14-13-11(2,3)17-12)16-10-8-6-5-7-9-10/h5-9H,4H2,1-3H3/t12-/m0/s1. The third-order valence-corrected chi connectivity index (χ3v) is 2.11. The Morgan fingerprint density at radius 2 is 1.88 bits per heavy atom. The lowest BCUT2D eigenvalue weighted by atomic mass is 10.3. The summed E-state index contributed by atoms with van der Waals surface area (Å²) in [6.07, 6.45) is -1.46.